The van der Waals surface area contributed by atoms with Crippen LogP contribution in [-0.2, 0) is 17.9 Å². The van der Waals surface area contributed by atoms with Gasteiger partial charge in [-0.3, -0.25) is 9.59 Å². The molecule has 6 heteroatoms. The Morgan fingerprint density at radius 3 is 2.37 bits per heavy atom. The Bertz CT molecular complexity index is 1130. The van der Waals surface area contributed by atoms with Crippen molar-refractivity contribution in [3.05, 3.63) is 100 Å². The molecule has 148 valence electrons. The average Bonchev–Trinajstić information content (AvgIpc) is 2.91. The third-order valence-electron chi connectivity index (χ3n) is 5.07. The van der Waals surface area contributed by atoms with E-state index in [0.717, 1.165) is 16.8 Å². The van der Waals surface area contributed by atoms with E-state index in [4.69, 9.17) is 16.9 Å². The standard InChI is InChI=1S/C24H18ClN3O2/c25-21-11-9-19(10-12-21)24(30)27-15-20-3-1-2-4-22(20)28(23(29)16-27)14-18-7-5-17(13-26)6-8-18/h1-12H,14-16H2. The molecule has 0 bridgehead atoms. The van der Waals surface area contributed by atoms with Crippen LogP contribution in [0.15, 0.2) is 72.8 Å². The van der Waals surface area contributed by atoms with Crippen molar-refractivity contribution in [2.75, 3.05) is 11.4 Å². The smallest absolute Gasteiger partial charge is 0.254 e. The summed E-state index contributed by atoms with van der Waals surface area (Å²) in [6, 6.07) is 23.5. The molecule has 0 unspecified atom stereocenters. The number of halogens is 1. The number of carbonyl (C=O) groups is 2. The first-order valence-corrected chi connectivity index (χ1v) is 9.85. The summed E-state index contributed by atoms with van der Waals surface area (Å²) >= 11 is 5.93. The SMILES string of the molecule is N#Cc1ccc(CN2C(=O)CN(C(=O)c3ccc(Cl)cc3)Cc3ccccc32)cc1. The fourth-order valence-corrected chi connectivity index (χ4v) is 3.64. The minimum atomic E-state index is -0.213. The van der Waals surface area contributed by atoms with Gasteiger partial charge < -0.3 is 9.80 Å². The molecular formula is C24H18ClN3O2. The van der Waals surface area contributed by atoms with E-state index in [1.54, 1.807) is 46.2 Å². The molecule has 1 aliphatic rings. The summed E-state index contributed by atoms with van der Waals surface area (Å²) in [5.41, 5.74) is 3.67. The van der Waals surface area contributed by atoms with Crippen LogP contribution < -0.4 is 4.90 Å². The highest BCUT2D eigenvalue weighted by molar-refractivity contribution is 6.30. The van der Waals surface area contributed by atoms with E-state index in [0.29, 0.717) is 29.2 Å². The molecule has 1 aliphatic heterocycles. The summed E-state index contributed by atoms with van der Waals surface area (Å²) in [4.78, 5) is 29.5. The molecule has 0 atom stereocenters. The van der Waals surface area contributed by atoms with Gasteiger partial charge in [0.25, 0.3) is 5.91 Å². The van der Waals surface area contributed by atoms with Crippen LogP contribution in [0.1, 0.15) is 27.0 Å². The van der Waals surface area contributed by atoms with E-state index < -0.39 is 0 Å². The van der Waals surface area contributed by atoms with Crippen LogP contribution in [0.25, 0.3) is 0 Å². The monoisotopic (exact) mass is 415 g/mol. The summed E-state index contributed by atoms with van der Waals surface area (Å²) < 4.78 is 0. The number of carbonyl (C=O) groups excluding carboxylic acids is 2. The molecule has 0 N–H and O–H groups in total. The minimum absolute atomic E-state index is 0.0214. The third-order valence-corrected chi connectivity index (χ3v) is 5.32. The number of fused-ring (bicyclic) bond motifs is 1. The van der Waals surface area contributed by atoms with Crippen molar-refractivity contribution < 1.29 is 9.59 Å². The molecule has 0 radical (unpaired) electrons. The number of anilines is 1. The van der Waals surface area contributed by atoms with Gasteiger partial charge in [0.15, 0.2) is 0 Å². The van der Waals surface area contributed by atoms with Gasteiger partial charge in [0.05, 0.1) is 18.2 Å². The molecule has 5 nitrogen and oxygen atoms in total. The zero-order valence-electron chi connectivity index (χ0n) is 16.1. The van der Waals surface area contributed by atoms with Gasteiger partial charge in [-0.2, -0.15) is 5.26 Å². The highest BCUT2D eigenvalue weighted by Crippen LogP contribution is 2.28. The Balaban J connectivity index is 1.64. The molecule has 3 aromatic rings. The number of amides is 2. The molecule has 2 amide bonds. The first-order chi connectivity index (χ1) is 14.5. The topological polar surface area (TPSA) is 64.4 Å². The van der Waals surface area contributed by atoms with E-state index in [9.17, 15) is 9.59 Å². The number of benzene rings is 3. The van der Waals surface area contributed by atoms with Gasteiger partial charge in [-0.05, 0) is 53.6 Å². The van der Waals surface area contributed by atoms with Crippen molar-refractivity contribution in [1.82, 2.24) is 4.90 Å². The number of hydrogen-bond acceptors (Lipinski definition) is 3. The van der Waals surface area contributed by atoms with Gasteiger partial charge in [0, 0.05) is 22.8 Å². The molecule has 0 aliphatic carbocycles. The van der Waals surface area contributed by atoms with Crippen LogP contribution in [0.4, 0.5) is 5.69 Å². The number of para-hydroxylation sites is 1. The largest absolute Gasteiger partial charge is 0.325 e. The fraction of sp³-hybridized carbons (Fsp3) is 0.125. The predicted octanol–water partition coefficient (Wildman–Crippen LogP) is 4.40. The van der Waals surface area contributed by atoms with Gasteiger partial charge in [0.1, 0.15) is 6.54 Å². The third kappa shape index (κ3) is 4.05. The van der Waals surface area contributed by atoms with E-state index in [1.165, 1.54) is 0 Å². The molecule has 30 heavy (non-hydrogen) atoms. The van der Waals surface area contributed by atoms with E-state index in [1.807, 2.05) is 36.4 Å². The summed E-state index contributed by atoms with van der Waals surface area (Å²) in [5, 5.41) is 9.54. The maximum atomic E-state index is 13.2. The van der Waals surface area contributed by atoms with Crippen molar-refractivity contribution in [2.45, 2.75) is 13.1 Å². The lowest BCUT2D eigenvalue weighted by atomic mass is 10.1. The van der Waals surface area contributed by atoms with Crippen LogP contribution in [0, 0.1) is 11.3 Å². The van der Waals surface area contributed by atoms with Crippen LogP contribution in [-0.4, -0.2) is 23.3 Å². The zero-order chi connectivity index (χ0) is 21.1. The molecule has 0 spiro atoms. The summed E-state index contributed by atoms with van der Waals surface area (Å²) in [5.74, 6) is -0.373. The Morgan fingerprint density at radius 2 is 1.67 bits per heavy atom. The predicted molar refractivity (Wildman–Crippen MR) is 115 cm³/mol. The lowest BCUT2D eigenvalue weighted by Gasteiger charge is -2.23. The van der Waals surface area contributed by atoms with Gasteiger partial charge in [-0.1, -0.05) is 41.9 Å². The van der Waals surface area contributed by atoms with Crippen LogP contribution in [0.5, 0.6) is 0 Å². The number of nitrogens with zero attached hydrogens (tertiary/aromatic N) is 3. The first kappa shape index (κ1) is 19.7. The second-order valence-corrected chi connectivity index (χ2v) is 7.52. The van der Waals surface area contributed by atoms with Gasteiger partial charge in [0.2, 0.25) is 5.91 Å². The van der Waals surface area contributed by atoms with Gasteiger partial charge in [-0.25, -0.2) is 0 Å². The Kier molecular flexibility index (Phi) is 5.51. The molecule has 4 rings (SSSR count). The molecule has 0 fully saturated rings. The quantitative estimate of drug-likeness (QED) is 0.636. The lowest BCUT2D eigenvalue weighted by Crippen LogP contribution is -2.39. The van der Waals surface area contributed by atoms with Crippen molar-refractivity contribution in [3.8, 4) is 6.07 Å². The summed E-state index contributed by atoms with van der Waals surface area (Å²) in [7, 11) is 0. The molecule has 0 aromatic heterocycles. The summed E-state index contributed by atoms with van der Waals surface area (Å²) in [6.07, 6.45) is 0. The van der Waals surface area contributed by atoms with E-state index >= 15 is 0 Å². The van der Waals surface area contributed by atoms with Crippen molar-refractivity contribution in [3.63, 3.8) is 0 Å². The lowest BCUT2D eigenvalue weighted by molar-refractivity contribution is -0.119. The van der Waals surface area contributed by atoms with Crippen LogP contribution in [0.3, 0.4) is 0 Å². The van der Waals surface area contributed by atoms with Crippen molar-refractivity contribution >= 4 is 29.1 Å². The van der Waals surface area contributed by atoms with Gasteiger partial charge >= 0.3 is 0 Å². The second kappa shape index (κ2) is 8.40. The molecule has 0 saturated heterocycles. The maximum absolute atomic E-state index is 13.2. The minimum Gasteiger partial charge on any atom is -0.325 e. The Labute approximate surface area is 179 Å². The fourth-order valence-electron chi connectivity index (χ4n) is 3.51. The van der Waals surface area contributed by atoms with E-state index in [-0.39, 0.29) is 18.4 Å². The molecular weight excluding hydrogens is 398 g/mol. The van der Waals surface area contributed by atoms with Crippen molar-refractivity contribution in [2.24, 2.45) is 0 Å². The Morgan fingerprint density at radius 1 is 0.967 bits per heavy atom. The van der Waals surface area contributed by atoms with Crippen molar-refractivity contribution in [1.29, 1.82) is 5.26 Å². The zero-order valence-corrected chi connectivity index (χ0v) is 16.8. The maximum Gasteiger partial charge on any atom is 0.254 e. The highest BCUT2D eigenvalue weighted by atomic mass is 35.5. The molecule has 3 aromatic carbocycles. The normalized spacial score (nSPS) is 13.4. The van der Waals surface area contributed by atoms with Crippen LogP contribution in [0.2, 0.25) is 5.02 Å². The van der Waals surface area contributed by atoms with Gasteiger partial charge in [-0.15, -0.1) is 0 Å². The number of rotatable bonds is 3. The highest BCUT2D eigenvalue weighted by Gasteiger charge is 2.29. The number of hydrogen-bond donors (Lipinski definition) is 0. The number of nitriles is 1. The molecule has 0 saturated carbocycles. The average molecular weight is 416 g/mol. The summed E-state index contributed by atoms with van der Waals surface area (Å²) in [6.45, 7) is 0.685. The van der Waals surface area contributed by atoms with E-state index in [2.05, 4.69) is 6.07 Å². The first-order valence-electron chi connectivity index (χ1n) is 9.47. The Hall–Kier alpha value is -3.62. The second-order valence-electron chi connectivity index (χ2n) is 7.09. The molecule has 1 heterocycles. The van der Waals surface area contributed by atoms with Crippen LogP contribution >= 0.6 is 11.6 Å².